The lowest BCUT2D eigenvalue weighted by Crippen LogP contribution is -2.31. The van der Waals surface area contributed by atoms with Gasteiger partial charge in [0.15, 0.2) is 0 Å². The lowest BCUT2D eigenvalue weighted by atomic mass is 9.99. The number of anilines is 1. The molecule has 3 nitrogen and oxygen atoms in total. The molecule has 0 saturated heterocycles. The number of nitrogens with zero attached hydrogens (tertiary/aromatic N) is 3. The molecule has 0 unspecified atom stereocenters. The maximum absolute atomic E-state index is 6.34. The number of fused-ring (bicyclic) bond motifs is 1. The molecule has 0 aliphatic carbocycles. The zero-order chi connectivity index (χ0) is 21.3. The van der Waals surface area contributed by atoms with Crippen molar-refractivity contribution in [3.63, 3.8) is 0 Å². The first-order valence-corrected chi connectivity index (χ1v) is 11.6. The van der Waals surface area contributed by atoms with Gasteiger partial charge in [0, 0.05) is 23.5 Å². The van der Waals surface area contributed by atoms with Gasteiger partial charge in [-0.05, 0) is 48.1 Å². The Morgan fingerprint density at radius 1 is 0.933 bits per heavy atom. The summed E-state index contributed by atoms with van der Waals surface area (Å²) in [6, 6.07) is 19.6. The van der Waals surface area contributed by atoms with E-state index >= 15 is 0 Å². The Hall–Kier alpha value is -2.43. The highest BCUT2D eigenvalue weighted by atomic mass is 35.5. The van der Waals surface area contributed by atoms with Crippen LogP contribution in [0.4, 0.5) is 5.82 Å². The fourth-order valence-corrected chi connectivity index (χ4v) is 4.80. The average Bonchev–Trinajstić information content (AvgIpc) is 3.16. The molecule has 4 aromatic rings. The van der Waals surface area contributed by atoms with Crippen molar-refractivity contribution in [2.75, 3.05) is 4.90 Å². The number of rotatable bonds is 6. The van der Waals surface area contributed by atoms with Crippen LogP contribution < -0.4 is 4.90 Å². The van der Waals surface area contributed by atoms with Gasteiger partial charge in [-0.2, -0.15) is 4.98 Å². The summed E-state index contributed by atoms with van der Waals surface area (Å²) in [7, 11) is 0. The average molecular weight is 436 g/mol. The molecule has 5 heteroatoms. The standard InChI is InChI=1S/C25H26ClN3S/c1-16(2)19-10-12-20(13-11-19)21-15-30-24-22(21)23(27-25(26)28-24)29(17(3)4)14-18-8-6-5-7-9-18/h5-13,15-17H,14H2,1-4H3. The van der Waals surface area contributed by atoms with Crippen molar-refractivity contribution in [2.45, 2.75) is 46.2 Å². The molecule has 2 heterocycles. The van der Waals surface area contributed by atoms with Gasteiger partial charge >= 0.3 is 0 Å². The van der Waals surface area contributed by atoms with Crippen LogP contribution in [0.5, 0.6) is 0 Å². The van der Waals surface area contributed by atoms with Crippen molar-refractivity contribution in [2.24, 2.45) is 0 Å². The van der Waals surface area contributed by atoms with Crippen LogP contribution in [0.1, 0.15) is 44.7 Å². The third kappa shape index (κ3) is 4.21. The Morgan fingerprint density at radius 3 is 2.27 bits per heavy atom. The maximum Gasteiger partial charge on any atom is 0.225 e. The summed E-state index contributed by atoms with van der Waals surface area (Å²) in [5.41, 5.74) is 4.93. The minimum atomic E-state index is 0.260. The minimum Gasteiger partial charge on any atom is -0.349 e. The monoisotopic (exact) mass is 435 g/mol. The Balaban J connectivity index is 1.85. The van der Waals surface area contributed by atoms with Crippen molar-refractivity contribution in [3.05, 3.63) is 76.4 Å². The van der Waals surface area contributed by atoms with Crippen LogP contribution in [0.25, 0.3) is 21.3 Å². The van der Waals surface area contributed by atoms with Crippen LogP contribution in [0.3, 0.4) is 0 Å². The smallest absolute Gasteiger partial charge is 0.225 e. The van der Waals surface area contributed by atoms with Crippen LogP contribution in [-0.4, -0.2) is 16.0 Å². The highest BCUT2D eigenvalue weighted by Crippen LogP contribution is 2.40. The van der Waals surface area contributed by atoms with E-state index in [1.807, 2.05) is 6.07 Å². The summed E-state index contributed by atoms with van der Waals surface area (Å²) in [6.07, 6.45) is 0. The fraction of sp³-hybridized carbons (Fsp3) is 0.280. The van der Waals surface area contributed by atoms with Gasteiger partial charge in [0.05, 0.1) is 5.39 Å². The number of benzene rings is 2. The SMILES string of the molecule is CC(C)c1ccc(-c2csc3nc(Cl)nc(N(Cc4ccccc4)C(C)C)c23)cc1. The summed E-state index contributed by atoms with van der Waals surface area (Å²) in [4.78, 5) is 12.5. The van der Waals surface area contributed by atoms with Gasteiger partial charge in [-0.25, -0.2) is 4.98 Å². The van der Waals surface area contributed by atoms with Gasteiger partial charge < -0.3 is 4.90 Å². The topological polar surface area (TPSA) is 29.0 Å². The zero-order valence-electron chi connectivity index (χ0n) is 17.8. The first kappa shape index (κ1) is 20.8. The van der Waals surface area contributed by atoms with E-state index in [4.69, 9.17) is 16.6 Å². The van der Waals surface area contributed by atoms with Crippen LogP contribution in [0, 0.1) is 0 Å². The van der Waals surface area contributed by atoms with E-state index in [9.17, 15) is 0 Å². The van der Waals surface area contributed by atoms with Crippen LogP contribution in [-0.2, 0) is 6.54 Å². The summed E-state index contributed by atoms with van der Waals surface area (Å²) in [6.45, 7) is 9.57. The third-order valence-electron chi connectivity index (χ3n) is 5.37. The van der Waals surface area contributed by atoms with Crippen molar-refractivity contribution in [1.29, 1.82) is 0 Å². The highest BCUT2D eigenvalue weighted by molar-refractivity contribution is 7.17. The second-order valence-corrected chi connectivity index (χ2v) is 9.33. The Labute approximate surface area is 187 Å². The molecule has 0 amide bonds. The second-order valence-electron chi connectivity index (χ2n) is 8.13. The second kappa shape index (κ2) is 8.75. The van der Waals surface area contributed by atoms with E-state index in [1.165, 1.54) is 16.7 Å². The zero-order valence-corrected chi connectivity index (χ0v) is 19.3. The molecule has 0 atom stereocenters. The fourth-order valence-electron chi connectivity index (χ4n) is 3.65. The molecule has 30 heavy (non-hydrogen) atoms. The van der Waals surface area contributed by atoms with Crippen molar-refractivity contribution in [3.8, 4) is 11.1 Å². The molecule has 0 aliphatic rings. The summed E-state index contributed by atoms with van der Waals surface area (Å²) in [5.74, 6) is 1.41. The summed E-state index contributed by atoms with van der Waals surface area (Å²) >= 11 is 7.97. The Kier molecular flexibility index (Phi) is 6.07. The number of thiophene rings is 1. The van der Waals surface area contributed by atoms with E-state index < -0.39 is 0 Å². The predicted molar refractivity (Wildman–Crippen MR) is 130 cm³/mol. The van der Waals surface area contributed by atoms with Crippen molar-refractivity contribution >= 4 is 39.0 Å². The van der Waals surface area contributed by atoms with Gasteiger partial charge in [0.1, 0.15) is 10.6 Å². The molecule has 0 N–H and O–H groups in total. The molecule has 0 saturated carbocycles. The molecule has 0 bridgehead atoms. The predicted octanol–water partition coefficient (Wildman–Crippen LogP) is 7.55. The number of aromatic nitrogens is 2. The minimum absolute atomic E-state index is 0.260. The third-order valence-corrected chi connectivity index (χ3v) is 6.41. The molecule has 2 aromatic carbocycles. The summed E-state index contributed by atoms with van der Waals surface area (Å²) < 4.78 is 0. The summed E-state index contributed by atoms with van der Waals surface area (Å²) in [5, 5.41) is 3.54. The molecule has 0 fully saturated rings. The lowest BCUT2D eigenvalue weighted by molar-refractivity contribution is 0.675. The highest BCUT2D eigenvalue weighted by Gasteiger charge is 2.21. The molecule has 0 radical (unpaired) electrons. The van der Waals surface area contributed by atoms with Gasteiger partial charge in [0.2, 0.25) is 5.28 Å². The molecule has 0 aliphatic heterocycles. The number of hydrogen-bond donors (Lipinski definition) is 0. The van der Waals surface area contributed by atoms with E-state index in [0.717, 1.165) is 28.1 Å². The van der Waals surface area contributed by atoms with Crippen molar-refractivity contribution < 1.29 is 0 Å². The van der Waals surface area contributed by atoms with E-state index in [1.54, 1.807) is 11.3 Å². The first-order chi connectivity index (χ1) is 14.4. The van der Waals surface area contributed by atoms with Gasteiger partial charge in [-0.1, -0.05) is 68.4 Å². The number of hydrogen-bond acceptors (Lipinski definition) is 4. The van der Waals surface area contributed by atoms with Crippen LogP contribution >= 0.6 is 22.9 Å². The first-order valence-electron chi connectivity index (χ1n) is 10.3. The van der Waals surface area contributed by atoms with Crippen LogP contribution in [0.15, 0.2) is 60.0 Å². The Bertz CT molecular complexity index is 1130. The Morgan fingerprint density at radius 2 is 1.63 bits per heavy atom. The van der Waals surface area contributed by atoms with E-state index in [0.29, 0.717) is 11.2 Å². The van der Waals surface area contributed by atoms with E-state index in [2.05, 4.69) is 91.5 Å². The molecule has 2 aromatic heterocycles. The quantitative estimate of drug-likeness (QED) is 0.293. The lowest BCUT2D eigenvalue weighted by Gasteiger charge is -2.29. The van der Waals surface area contributed by atoms with Gasteiger partial charge in [0.25, 0.3) is 0 Å². The van der Waals surface area contributed by atoms with Crippen LogP contribution in [0.2, 0.25) is 5.28 Å². The molecular formula is C25H26ClN3S. The molecule has 0 spiro atoms. The van der Waals surface area contributed by atoms with Crippen molar-refractivity contribution in [1.82, 2.24) is 9.97 Å². The normalized spacial score (nSPS) is 11.6. The number of halogens is 1. The molecular weight excluding hydrogens is 410 g/mol. The largest absolute Gasteiger partial charge is 0.349 e. The molecule has 154 valence electrons. The van der Waals surface area contributed by atoms with E-state index in [-0.39, 0.29) is 6.04 Å². The van der Waals surface area contributed by atoms with Gasteiger partial charge in [-0.3, -0.25) is 0 Å². The molecule has 4 rings (SSSR count). The van der Waals surface area contributed by atoms with Gasteiger partial charge in [-0.15, -0.1) is 11.3 Å². The maximum atomic E-state index is 6.34.